The number of hydrogen-bond acceptors (Lipinski definition) is 2. The van der Waals surface area contributed by atoms with Crippen molar-refractivity contribution in [2.24, 2.45) is 5.73 Å². The highest BCUT2D eigenvalue weighted by Crippen LogP contribution is 2.16. The SMILES string of the molecule is CCCc1c(CN)cnn1-c1ccc(C)cc1. The van der Waals surface area contributed by atoms with Crippen molar-refractivity contribution in [3.05, 3.63) is 47.3 Å². The Morgan fingerprint density at radius 3 is 2.53 bits per heavy atom. The molecule has 0 amide bonds. The lowest BCUT2D eigenvalue weighted by Crippen LogP contribution is -2.05. The molecule has 0 aliphatic heterocycles. The van der Waals surface area contributed by atoms with Crippen LogP contribution >= 0.6 is 0 Å². The predicted octanol–water partition coefficient (Wildman–Crippen LogP) is 2.59. The lowest BCUT2D eigenvalue weighted by atomic mass is 10.1. The van der Waals surface area contributed by atoms with Crippen LogP contribution in [0, 0.1) is 6.92 Å². The molecule has 0 aliphatic carbocycles. The molecule has 0 saturated carbocycles. The maximum atomic E-state index is 5.74. The van der Waals surface area contributed by atoms with E-state index in [0.717, 1.165) is 24.1 Å². The number of rotatable bonds is 4. The van der Waals surface area contributed by atoms with Gasteiger partial charge in [-0.15, -0.1) is 0 Å². The first-order valence-corrected chi connectivity index (χ1v) is 6.09. The summed E-state index contributed by atoms with van der Waals surface area (Å²) < 4.78 is 2.01. The predicted molar refractivity (Wildman–Crippen MR) is 70.2 cm³/mol. The van der Waals surface area contributed by atoms with Crippen molar-refractivity contribution in [2.45, 2.75) is 33.2 Å². The Morgan fingerprint density at radius 2 is 1.94 bits per heavy atom. The molecule has 1 heterocycles. The van der Waals surface area contributed by atoms with Crippen LogP contribution in [0.5, 0.6) is 0 Å². The van der Waals surface area contributed by atoms with Crippen LogP contribution in [0.1, 0.15) is 30.2 Å². The maximum absolute atomic E-state index is 5.74. The van der Waals surface area contributed by atoms with Gasteiger partial charge in [-0.05, 0) is 25.5 Å². The summed E-state index contributed by atoms with van der Waals surface area (Å²) in [5, 5.41) is 4.44. The number of nitrogens with two attached hydrogens (primary N) is 1. The number of aromatic nitrogens is 2. The van der Waals surface area contributed by atoms with Crippen LogP contribution < -0.4 is 5.73 Å². The van der Waals surface area contributed by atoms with E-state index in [1.807, 2.05) is 10.9 Å². The fraction of sp³-hybridized carbons (Fsp3) is 0.357. The zero-order valence-electron chi connectivity index (χ0n) is 10.5. The molecule has 0 saturated heterocycles. The van der Waals surface area contributed by atoms with Crippen molar-refractivity contribution in [3.8, 4) is 5.69 Å². The van der Waals surface area contributed by atoms with Gasteiger partial charge in [-0.25, -0.2) is 4.68 Å². The number of benzene rings is 1. The Morgan fingerprint density at radius 1 is 1.24 bits per heavy atom. The average Bonchev–Trinajstić information content (AvgIpc) is 2.74. The van der Waals surface area contributed by atoms with E-state index in [1.165, 1.54) is 11.3 Å². The fourth-order valence-corrected chi connectivity index (χ4v) is 1.99. The first-order chi connectivity index (χ1) is 8.26. The van der Waals surface area contributed by atoms with Crippen LogP contribution in [0.3, 0.4) is 0 Å². The summed E-state index contributed by atoms with van der Waals surface area (Å²) in [7, 11) is 0. The summed E-state index contributed by atoms with van der Waals surface area (Å²) in [5.41, 5.74) is 10.5. The molecule has 0 fully saturated rings. The van der Waals surface area contributed by atoms with E-state index in [0.29, 0.717) is 6.54 Å². The van der Waals surface area contributed by atoms with Crippen molar-refractivity contribution in [2.75, 3.05) is 0 Å². The van der Waals surface area contributed by atoms with Gasteiger partial charge in [0.25, 0.3) is 0 Å². The second kappa shape index (κ2) is 5.15. The van der Waals surface area contributed by atoms with Crippen LogP contribution in [0.15, 0.2) is 30.5 Å². The summed E-state index contributed by atoms with van der Waals surface area (Å²) in [6, 6.07) is 8.41. The van der Waals surface area contributed by atoms with E-state index in [4.69, 9.17) is 5.73 Å². The lowest BCUT2D eigenvalue weighted by molar-refractivity contribution is 0.767. The van der Waals surface area contributed by atoms with E-state index in [1.54, 1.807) is 0 Å². The Hall–Kier alpha value is -1.61. The van der Waals surface area contributed by atoms with Gasteiger partial charge in [0, 0.05) is 17.8 Å². The fourth-order valence-electron chi connectivity index (χ4n) is 1.99. The minimum absolute atomic E-state index is 0.557. The van der Waals surface area contributed by atoms with Gasteiger partial charge < -0.3 is 5.73 Å². The minimum Gasteiger partial charge on any atom is -0.326 e. The normalized spacial score (nSPS) is 10.8. The van der Waals surface area contributed by atoms with Gasteiger partial charge in [-0.1, -0.05) is 31.0 Å². The van der Waals surface area contributed by atoms with Crippen LogP contribution in [-0.4, -0.2) is 9.78 Å². The minimum atomic E-state index is 0.557. The first-order valence-electron chi connectivity index (χ1n) is 6.09. The zero-order valence-corrected chi connectivity index (χ0v) is 10.5. The number of aryl methyl sites for hydroxylation is 1. The van der Waals surface area contributed by atoms with Crippen molar-refractivity contribution in [1.29, 1.82) is 0 Å². The molecule has 2 rings (SSSR count). The molecule has 0 unspecified atom stereocenters. The van der Waals surface area contributed by atoms with Crippen molar-refractivity contribution >= 4 is 0 Å². The molecule has 3 nitrogen and oxygen atoms in total. The third-order valence-electron chi connectivity index (χ3n) is 2.94. The highest BCUT2D eigenvalue weighted by atomic mass is 15.3. The zero-order chi connectivity index (χ0) is 12.3. The highest BCUT2D eigenvalue weighted by Gasteiger charge is 2.09. The van der Waals surface area contributed by atoms with Gasteiger partial charge >= 0.3 is 0 Å². The molecule has 17 heavy (non-hydrogen) atoms. The summed E-state index contributed by atoms with van der Waals surface area (Å²) in [6.45, 7) is 4.82. The molecule has 0 atom stereocenters. The highest BCUT2D eigenvalue weighted by molar-refractivity contribution is 5.37. The molecule has 3 heteroatoms. The van der Waals surface area contributed by atoms with Gasteiger partial charge in [0.15, 0.2) is 0 Å². The van der Waals surface area contributed by atoms with Crippen molar-refractivity contribution in [3.63, 3.8) is 0 Å². The Kier molecular flexibility index (Phi) is 3.59. The smallest absolute Gasteiger partial charge is 0.0649 e. The molecule has 0 radical (unpaired) electrons. The molecule has 0 aliphatic rings. The van der Waals surface area contributed by atoms with Gasteiger partial charge in [0.1, 0.15) is 0 Å². The van der Waals surface area contributed by atoms with Crippen molar-refractivity contribution in [1.82, 2.24) is 9.78 Å². The largest absolute Gasteiger partial charge is 0.326 e. The summed E-state index contributed by atoms with van der Waals surface area (Å²) in [6.07, 6.45) is 4.00. The molecule has 2 N–H and O–H groups in total. The third kappa shape index (κ3) is 2.39. The second-order valence-corrected chi connectivity index (χ2v) is 4.32. The topological polar surface area (TPSA) is 43.8 Å². The number of hydrogen-bond donors (Lipinski definition) is 1. The molecule has 1 aromatic carbocycles. The Balaban J connectivity index is 2.43. The lowest BCUT2D eigenvalue weighted by Gasteiger charge is -2.08. The van der Waals surface area contributed by atoms with E-state index in [9.17, 15) is 0 Å². The molecule has 1 aromatic heterocycles. The monoisotopic (exact) mass is 229 g/mol. The van der Waals surface area contributed by atoms with E-state index in [-0.39, 0.29) is 0 Å². The Bertz CT molecular complexity index is 483. The molecular weight excluding hydrogens is 210 g/mol. The van der Waals surface area contributed by atoms with E-state index >= 15 is 0 Å². The van der Waals surface area contributed by atoms with Gasteiger partial charge in [-0.3, -0.25) is 0 Å². The van der Waals surface area contributed by atoms with Gasteiger partial charge in [-0.2, -0.15) is 5.10 Å². The summed E-state index contributed by atoms with van der Waals surface area (Å²) in [5.74, 6) is 0. The molecule has 0 bridgehead atoms. The maximum Gasteiger partial charge on any atom is 0.0649 e. The third-order valence-corrected chi connectivity index (χ3v) is 2.94. The van der Waals surface area contributed by atoms with Crippen LogP contribution in [0.4, 0.5) is 0 Å². The summed E-state index contributed by atoms with van der Waals surface area (Å²) in [4.78, 5) is 0. The Labute approximate surface area is 102 Å². The van der Waals surface area contributed by atoms with Gasteiger partial charge in [0.2, 0.25) is 0 Å². The van der Waals surface area contributed by atoms with Crippen molar-refractivity contribution < 1.29 is 0 Å². The standard InChI is InChI=1S/C14H19N3/c1-3-4-14-12(9-15)10-16-17(14)13-7-5-11(2)6-8-13/h5-8,10H,3-4,9,15H2,1-2H3. The van der Waals surface area contributed by atoms with Crippen LogP contribution in [0.2, 0.25) is 0 Å². The van der Waals surface area contributed by atoms with E-state index in [2.05, 4.69) is 43.2 Å². The molecule has 0 spiro atoms. The second-order valence-electron chi connectivity index (χ2n) is 4.32. The van der Waals surface area contributed by atoms with E-state index < -0.39 is 0 Å². The first kappa shape index (κ1) is 11.9. The number of nitrogens with zero attached hydrogens (tertiary/aromatic N) is 2. The molecular formula is C14H19N3. The molecule has 2 aromatic rings. The quantitative estimate of drug-likeness (QED) is 0.875. The van der Waals surface area contributed by atoms with Crippen LogP contribution in [0.25, 0.3) is 5.69 Å². The van der Waals surface area contributed by atoms with Gasteiger partial charge in [0.05, 0.1) is 11.9 Å². The average molecular weight is 229 g/mol. The molecule has 90 valence electrons. The van der Waals surface area contributed by atoms with Crippen LogP contribution in [-0.2, 0) is 13.0 Å². The summed E-state index contributed by atoms with van der Waals surface area (Å²) >= 11 is 0.